The van der Waals surface area contributed by atoms with Crippen LogP contribution in [0.25, 0.3) is 17.7 Å². The van der Waals surface area contributed by atoms with Gasteiger partial charge in [0.1, 0.15) is 24.0 Å². The average Bonchev–Trinajstić information content (AvgIpc) is 2.65. The van der Waals surface area contributed by atoms with Gasteiger partial charge >= 0.3 is 0 Å². The van der Waals surface area contributed by atoms with Crippen LogP contribution in [0.2, 0.25) is 0 Å². The van der Waals surface area contributed by atoms with Crippen LogP contribution in [0.4, 0.5) is 8.78 Å². The molecule has 0 atom stereocenters. The Labute approximate surface area is 155 Å². The van der Waals surface area contributed by atoms with Gasteiger partial charge in [0.15, 0.2) is 0 Å². The maximum atomic E-state index is 13.3. The molecule has 0 saturated carbocycles. The standard InChI is InChI=1S/C23H15F2NO/c24-19-9-7-17(8-10-19)18-3-1-5-21-12-16(11-18)13-22(26-21)15-27-23-6-2-4-20(25)14-23/h2-14H,15H2/b18-11+. The van der Waals surface area contributed by atoms with E-state index in [0.717, 1.165) is 28.1 Å². The van der Waals surface area contributed by atoms with Crippen LogP contribution in [0.15, 0.2) is 72.5 Å². The molecule has 0 aliphatic heterocycles. The molecule has 1 aliphatic rings. The molecule has 1 aliphatic carbocycles. The summed E-state index contributed by atoms with van der Waals surface area (Å²) in [6.45, 7) is 0.224. The lowest BCUT2D eigenvalue weighted by atomic mass is 10.0. The molecular weight excluding hydrogens is 344 g/mol. The van der Waals surface area contributed by atoms with Gasteiger partial charge in [-0.2, -0.15) is 0 Å². The molecule has 1 heterocycles. The summed E-state index contributed by atoms with van der Waals surface area (Å²) in [5.74, 6) is -0.161. The first-order valence-electron chi connectivity index (χ1n) is 8.45. The van der Waals surface area contributed by atoms with Crippen molar-refractivity contribution in [3.8, 4) is 5.75 Å². The van der Waals surface area contributed by atoms with Crippen molar-refractivity contribution in [2.24, 2.45) is 0 Å². The highest BCUT2D eigenvalue weighted by atomic mass is 19.1. The zero-order valence-electron chi connectivity index (χ0n) is 14.3. The molecule has 4 rings (SSSR count). The molecule has 2 bridgehead atoms. The smallest absolute Gasteiger partial charge is 0.130 e. The Balaban J connectivity index is 1.62. The Hall–Kier alpha value is -3.49. The van der Waals surface area contributed by atoms with Gasteiger partial charge in [0, 0.05) is 12.1 Å². The van der Waals surface area contributed by atoms with Crippen molar-refractivity contribution < 1.29 is 13.5 Å². The first-order chi connectivity index (χ1) is 13.2. The Morgan fingerprint density at radius 1 is 0.889 bits per heavy atom. The summed E-state index contributed by atoms with van der Waals surface area (Å²) in [4.78, 5) is 4.52. The van der Waals surface area contributed by atoms with Crippen molar-refractivity contribution in [1.29, 1.82) is 0 Å². The van der Waals surface area contributed by atoms with Crippen LogP contribution >= 0.6 is 0 Å². The summed E-state index contributed by atoms with van der Waals surface area (Å²) >= 11 is 0. The van der Waals surface area contributed by atoms with Gasteiger partial charge in [0.2, 0.25) is 0 Å². The fourth-order valence-corrected chi connectivity index (χ4v) is 2.83. The van der Waals surface area contributed by atoms with Gasteiger partial charge in [-0.15, -0.1) is 5.73 Å². The van der Waals surface area contributed by atoms with Gasteiger partial charge < -0.3 is 4.74 Å². The van der Waals surface area contributed by atoms with Gasteiger partial charge in [-0.05, 0) is 65.3 Å². The summed E-state index contributed by atoms with van der Waals surface area (Å²) in [6, 6.07) is 16.2. The molecule has 132 valence electrons. The highest BCUT2D eigenvalue weighted by Gasteiger charge is 2.06. The quantitative estimate of drug-likeness (QED) is 0.561. The highest BCUT2D eigenvalue weighted by Crippen LogP contribution is 2.23. The van der Waals surface area contributed by atoms with Crippen molar-refractivity contribution in [3.63, 3.8) is 0 Å². The number of ether oxygens (including phenoxy) is 1. The summed E-state index contributed by atoms with van der Waals surface area (Å²) in [6.07, 6.45) is 5.62. The van der Waals surface area contributed by atoms with Crippen LogP contribution in [0.5, 0.6) is 5.75 Å². The molecule has 2 nitrogen and oxygen atoms in total. The predicted molar refractivity (Wildman–Crippen MR) is 102 cm³/mol. The van der Waals surface area contributed by atoms with Gasteiger partial charge in [-0.1, -0.05) is 18.2 Å². The lowest BCUT2D eigenvalue weighted by molar-refractivity contribution is 0.299. The number of rotatable bonds is 4. The lowest BCUT2D eigenvalue weighted by Gasteiger charge is -2.10. The van der Waals surface area contributed by atoms with E-state index in [9.17, 15) is 8.78 Å². The molecular formula is C23H15F2NO. The van der Waals surface area contributed by atoms with Gasteiger partial charge in [0.05, 0.1) is 11.4 Å². The van der Waals surface area contributed by atoms with E-state index in [2.05, 4.69) is 10.7 Å². The van der Waals surface area contributed by atoms with Crippen LogP contribution in [0.1, 0.15) is 22.5 Å². The van der Waals surface area contributed by atoms with Crippen molar-refractivity contribution in [1.82, 2.24) is 4.98 Å². The molecule has 4 heteroatoms. The Kier molecular flexibility index (Phi) is 4.65. The fraction of sp³-hybridized carbons (Fsp3) is 0.0435. The topological polar surface area (TPSA) is 22.1 Å². The Morgan fingerprint density at radius 3 is 2.56 bits per heavy atom. The summed E-state index contributed by atoms with van der Waals surface area (Å²) in [5, 5.41) is 0. The number of fused-ring (bicyclic) bond motifs is 2. The van der Waals surface area contributed by atoms with E-state index in [1.807, 2.05) is 24.3 Å². The van der Waals surface area contributed by atoms with Crippen LogP contribution in [0.3, 0.4) is 0 Å². The van der Waals surface area contributed by atoms with Gasteiger partial charge in [-0.3, -0.25) is 0 Å². The summed E-state index contributed by atoms with van der Waals surface area (Å²) < 4.78 is 32.1. The largest absolute Gasteiger partial charge is 0.487 e. The highest BCUT2D eigenvalue weighted by molar-refractivity contribution is 5.88. The van der Waals surface area contributed by atoms with Crippen molar-refractivity contribution >= 4 is 17.7 Å². The minimum absolute atomic E-state index is 0.224. The minimum atomic E-state index is -0.343. The maximum Gasteiger partial charge on any atom is 0.130 e. The summed E-state index contributed by atoms with van der Waals surface area (Å²) in [7, 11) is 0. The van der Waals surface area contributed by atoms with Crippen molar-refractivity contribution in [2.75, 3.05) is 0 Å². The average molecular weight is 359 g/mol. The Morgan fingerprint density at radius 2 is 1.74 bits per heavy atom. The number of hydrogen-bond donors (Lipinski definition) is 0. The van der Waals surface area contributed by atoms with E-state index >= 15 is 0 Å². The maximum absolute atomic E-state index is 13.3. The number of hydrogen-bond acceptors (Lipinski definition) is 2. The zero-order valence-corrected chi connectivity index (χ0v) is 14.3. The molecule has 0 N–H and O–H groups in total. The third-order valence-corrected chi connectivity index (χ3v) is 4.07. The number of nitrogens with zero attached hydrogens (tertiary/aromatic N) is 1. The first-order valence-corrected chi connectivity index (χ1v) is 8.45. The number of benzene rings is 2. The van der Waals surface area contributed by atoms with Crippen LogP contribution in [-0.4, -0.2) is 4.98 Å². The molecule has 1 aromatic heterocycles. The molecule has 0 saturated heterocycles. The van der Waals surface area contributed by atoms with Crippen LogP contribution in [-0.2, 0) is 6.61 Å². The first kappa shape index (κ1) is 17.0. The molecule has 0 radical (unpaired) electrons. The van der Waals surface area contributed by atoms with Gasteiger partial charge in [-0.25, -0.2) is 13.8 Å². The molecule has 0 fully saturated rings. The number of allylic oxidation sites excluding steroid dienone is 2. The van der Waals surface area contributed by atoms with Crippen molar-refractivity contribution in [3.05, 3.63) is 107 Å². The SMILES string of the molecule is Fc1ccc(/C2=C/c3cc(nc(COc4cccc(F)c4)c3)C=C=C2)cc1. The Bertz CT molecular complexity index is 1080. The van der Waals surface area contributed by atoms with E-state index in [1.165, 1.54) is 24.3 Å². The van der Waals surface area contributed by atoms with E-state index in [0.29, 0.717) is 5.75 Å². The normalized spacial score (nSPS) is 14.2. The van der Waals surface area contributed by atoms with Gasteiger partial charge in [0.25, 0.3) is 0 Å². The predicted octanol–water partition coefficient (Wildman–Crippen LogP) is 5.66. The lowest BCUT2D eigenvalue weighted by Crippen LogP contribution is -2.01. The minimum Gasteiger partial charge on any atom is -0.487 e. The second-order valence-electron chi connectivity index (χ2n) is 6.12. The molecule has 3 aromatic rings. The molecule has 0 amide bonds. The van der Waals surface area contributed by atoms with Crippen molar-refractivity contribution in [2.45, 2.75) is 6.61 Å². The van der Waals surface area contributed by atoms with E-state index in [-0.39, 0.29) is 18.2 Å². The second-order valence-corrected chi connectivity index (χ2v) is 6.12. The molecule has 27 heavy (non-hydrogen) atoms. The number of aromatic nitrogens is 1. The molecule has 0 unspecified atom stereocenters. The third kappa shape index (κ3) is 4.20. The second kappa shape index (κ2) is 7.40. The van der Waals surface area contributed by atoms with E-state index in [1.54, 1.807) is 30.3 Å². The number of halogens is 2. The molecule has 0 spiro atoms. The summed E-state index contributed by atoms with van der Waals surface area (Å²) in [5.41, 5.74) is 7.35. The van der Waals surface area contributed by atoms with E-state index < -0.39 is 0 Å². The van der Waals surface area contributed by atoms with Crippen LogP contribution in [0, 0.1) is 11.6 Å². The monoisotopic (exact) mass is 359 g/mol. The van der Waals surface area contributed by atoms with Crippen LogP contribution < -0.4 is 4.74 Å². The fourth-order valence-electron chi connectivity index (χ4n) is 2.83. The third-order valence-electron chi connectivity index (χ3n) is 4.07. The number of pyridine rings is 1. The van der Waals surface area contributed by atoms with E-state index in [4.69, 9.17) is 4.74 Å². The molecule has 2 aromatic carbocycles. The zero-order chi connectivity index (χ0) is 18.6.